The van der Waals surface area contributed by atoms with Crippen molar-refractivity contribution in [2.45, 2.75) is 6.92 Å². The first-order chi connectivity index (χ1) is 9.51. The molecule has 0 fully saturated rings. The molecule has 0 aliphatic heterocycles. The van der Waals surface area contributed by atoms with Gasteiger partial charge >= 0.3 is 5.97 Å². The number of imidazole rings is 1. The van der Waals surface area contributed by atoms with Gasteiger partial charge in [0.15, 0.2) is 0 Å². The Hall–Kier alpha value is -2.64. The van der Waals surface area contributed by atoms with Crippen molar-refractivity contribution >= 4 is 28.6 Å². The largest absolute Gasteiger partial charge is 0.465 e. The molecule has 0 radical (unpaired) electrons. The van der Waals surface area contributed by atoms with Crippen LogP contribution < -0.4 is 4.90 Å². The topological polar surface area (TPSA) is 101 Å². The molecule has 2 rings (SSSR count). The van der Waals surface area contributed by atoms with Crippen molar-refractivity contribution in [2.24, 2.45) is 0 Å². The predicted molar refractivity (Wildman–Crippen MR) is 72.7 cm³/mol. The number of anilines is 1. The fraction of sp³-hybridized carbons (Fsp3) is 0.333. The van der Waals surface area contributed by atoms with E-state index in [4.69, 9.17) is 4.74 Å². The number of esters is 1. The number of nitro benzene ring substituents is 1. The summed E-state index contributed by atoms with van der Waals surface area (Å²) in [4.78, 5) is 30.4. The van der Waals surface area contributed by atoms with Crippen molar-refractivity contribution < 1.29 is 14.5 Å². The number of aromatic nitrogens is 2. The van der Waals surface area contributed by atoms with E-state index in [0.29, 0.717) is 23.6 Å². The summed E-state index contributed by atoms with van der Waals surface area (Å²) < 4.78 is 4.85. The Balaban J connectivity index is 2.22. The third kappa shape index (κ3) is 2.85. The van der Waals surface area contributed by atoms with Crippen LogP contribution in [0.4, 0.5) is 11.6 Å². The minimum atomic E-state index is -0.470. The minimum Gasteiger partial charge on any atom is -0.465 e. The second-order valence-electron chi connectivity index (χ2n) is 4.18. The van der Waals surface area contributed by atoms with Gasteiger partial charge in [-0.3, -0.25) is 14.9 Å². The Kier molecular flexibility index (Phi) is 3.83. The summed E-state index contributed by atoms with van der Waals surface area (Å²) in [7, 11) is 1.68. The molecule has 1 aromatic carbocycles. The van der Waals surface area contributed by atoms with Crippen molar-refractivity contribution in [3.63, 3.8) is 0 Å². The Morgan fingerprint density at radius 1 is 1.55 bits per heavy atom. The molecule has 0 amide bonds. The lowest BCUT2D eigenvalue weighted by molar-refractivity contribution is -0.384. The third-order valence-corrected chi connectivity index (χ3v) is 2.70. The highest BCUT2D eigenvalue weighted by atomic mass is 16.6. The SMILES string of the molecule is CCOC(=O)CN(C)c1nc2ccc([N+](=O)[O-])cc2[nH]1. The van der Waals surface area contributed by atoms with Crippen LogP contribution in [0.15, 0.2) is 18.2 Å². The standard InChI is InChI=1S/C12H14N4O4/c1-3-20-11(17)7-15(2)12-13-9-5-4-8(16(18)19)6-10(9)14-12/h4-6H,3,7H2,1-2H3,(H,13,14). The molecule has 0 saturated carbocycles. The first-order valence-corrected chi connectivity index (χ1v) is 6.02. The van der Waals surface area contributed by atoms with E-state index in [-0.39, 0.29) is 18.2 Å². The molecule has 2 aromatic rings. The Bertz CT molecular complexity index is 652. The lowest BCUT2D eigenvalue weighted by Gasteiger charge is -2.14. The van der Waals surface area contributed by atoms with Crippen LogP contribution in [0.2, 0.25) is 0 Å². The van der Waals surface area contributed by atoms with Crippen molar-refractivity contribution in [2.75, 3.05) is 25.1 Å². The van der Waals surface area contributed by atoms with Crippen molar-refractivity contribution in [3.05, 3.63) is 28.3 Å². The molecule has 1 N–H and O–H groups in total. The molecule has 0 aliphatic carbocycles. The molecule has 8 heteroatoms. The van der Waals surface area contributed by atoms with Crippen molar-refractivity contribution in [1.82, 2.24) is 9.97 Å². The monoisotopic (exact) mass is 278 g/mol. The summed E-state index contributed by atoms with van der Waals surface area (Å²) in [5, 5.41) is 10.7. The highest BCUT2D eigenvalue weighted by Crippen LogP contribution is 2.21. The average Bonchev–Trinajstić information content (AvgIpc) is 2.81. The summed E-state index contributed by atoms with van der Waals surface area (Å²) in [5.74, 6) is 0.0926. The first kappa shape index (κ1) is 13.8. The van der Waals surface area contributed by atoms with Crippen LogP contribution >= 0.6 is 0 Å². The van der Waals surface area contributed by atoms with Crippen LogP contribution in [0.5, 0.6) is 0 Å². The van der Waals surface area contributed by atoms with Gasteiger partial charge in [0, 0.05) is 19.2 Å². The van der Waals surface area contributed by atoms with Gasteiger partial charge < -0.3 is 14.6 Å². The Labute approximate surface area is 114 Å². The zero-order valence-corrected chi connectivity index (χ0v) is 11.1. The number of fused-ring (bicyclic) bond motifs is 1. The maximum absolute atomic E-state index is 11.4. The van der Waals surface area contributed by atoms with E-state index < -0.39 is 4.92 Å². The third-order valence-electron chi connectivity index (χ3n) is 2.70. The van der Waals surface area contributed by atoms with Crippen molar-refractivity contribution in [1.29, 1.82) is 0 Å². The van der Waals surface area contributed by atoms with Crippen molar-refractivity contribution in [3.8, 4) is 0 Å². The van der Waals surface area contributed by atoms with Crippen LogP contribution in [-0.2, 0) is 9.53 Å². The lowest BCUT2D eigenvalue weighted by atomic mass is 10.3. The highest BCUT2D eigenvalue weighted by molar-refractivity contribution is 5.81. The van der Waals surface area contributed by atoms with Gasteiger partial charge in [0.25, 0.3) is 5.69 Å². The van der Waals surface area contributed by atoms with Gasteiger partial charge in [0.1, 0.15) is 6.54 Å². The van der Waals surface area contributed by atoms with E-state index in [0.717, 1.165) is 0 Å². The van der Waals surface area contributed by atoms with Gasteiger partial charge in [-0.1, -0.05) is 0 Å². The molecular formula is C12H14N4O4. The molecule has 0 bridgehead atoms. The minimum absolute atomic E-state index is 0.0132. The number of nitrogens with zero attached hydrogens (tertiary/aromatic N) is 3. The molecular weight excluding hydrogens is 264 g/mol. The maximum Gasteiger partial charge on any atom is 0.325 e. The second-order valence-corrected chi connectivity index (χ2v) is 4.18. The number of rotatable bonds is 5. The number of nitro groups is 1. The van der Waals surface area contributed by atoms with Crippen LogP contribution in [-0.4, -0.2) is 41.1 Å². The highest BCUT2D eigenvalue weighted by Gasteiger charge is 2.14. The van der Waals surface area contributed by atoms with Gasteiger partial charge in [0.2, 0.25) is 5.95 Å². The van der Waals surface area contributed by atoms with E-state index in [2.05, 4.69) is 9.97 Å². The number of ether oxygens (including phenoxy) is 1. The fourth-order valence-corrected chi connectivity index (χ4v) is 1.75. The van der Waals surface area contributed by atoms with Crippen LogP contribution in [0.25, 0.3) is 11.0 Å². The van der Waals surface area contributed by atoms with Gasteiger partial charge in [-0.25, -0.2) is 4.98 Å². The summed E-state index contributed by atoms with van der Waals surface area (Å²) in [5.41, 5.74) is 1.13. The molecule has 0 saturated heterocycles. The average molecular weight is 278 g/mol. The van der Waals surface area contributed by atoms with Crippen LogP contribution in [0.1, 0.15) is 6.92 Å². The Morgan fingerprint density at radius 2 is 2.30 bits per heavy atom. The first-order valence-electron chi connectivity index (χ1n) is 6.02. The molecule has 1 heterocycles. The molecule has 20 heavy (non-hydrogen) atoms. The molecule has 0 spiro atoms. The normalized spacial score (nSPS) is 10.5. The predicted octanol–water partition coefficient (Wildman–Crippen LogP) is 1.47. The van der Waals surface area contributed by atoms with Crippen LogP contribution in [0.3, 0.4) is 0 Å². The second kappa shape index (κ2) is 5.55. The van der Waals surface area contributed by atoms with E-state index >= 15 is 0 Å². The summed E-state index contributed by atoms with van der Waals surface area (Å²) in [6, 6.07) is 4.36. The lowest BCUT2D eigenvalue weighted by Crippen LogP contribution is -2.27. The van der Waals surface area contributed by atoms with E-state index in [9.17, 15) is 14.9 Å². The van der Waals surface area contributed by atoms with E-state index in [1.54, 1.807) is 24.9 Å². The van der Waals surface area contributed by atoms with Gasteiger partial charge in [-0.2, -0.15) is 0 Å². The summed E-state index contributed by atoms with van der Waals surface area (Å²) in [6.45, 7) is 2.10. The number of likely N-dealkylation sites (N-methyl/N-ethyl adjacent to an activating group) is 1. The van der Waals surface area contributed by atoms with Crippen LogP contribution in [0, 0.1) is 10.1 Å². The van der Waals surface area contributed by atoms with E-state index in [1.807, 2.05) is 0 Å². The molecule has 106 valence electrons. The Morgan fingerprint density at radius 3 is 2.95 bits per heavy atom. The zero-order valence-electron chi connectivity index (χ0n) is 11.1. The zero-order chi connectivity index (χ0) is 14.7. The number of non-ortho nitro benzene ring substituents is 1. The van der Waals surface area contributed by atoms with Gasteiger partial charge in [-0.05, 0) is 13.0 Å². The van der Waals surface area contributed by atoms with E-state index in [1.165, 1.54) is 12.1 Å². The molecule has 0 unspecified atom stereocenters. The summed E-state index contributed by atoms with van der Waals surface area (Å²) in [6.07, 6.45) is 0. The smallest absolute Gasteiger partial charge is 0.325 e. The number of aromatic amines is 1. The molecule has 8 nitrogen and oxygen atoms in total. The maximum atomic E-state index is 11.4. The summed E-state index contributed by atoms with van der Waals surface area (Å²) >= 11 is 0. The molecule has 0 atom stereocenters. The van der Waals surface area contributed by atoms with Gasteiger partial charge in [-0.15, -0.1) is 0 Å². The number of hydrogen-bond acceptors (Lipinski definition) is 6. The number of H-pyrrole nitrogens is 1. The number of nitrogens with one attached hydrogen (secondary N) is 1. The number of benzene rings is 1. The quantitative estimate of drug-likeness (QED) is 0.505. The molecule has 0 aliphatic rings. The number of hydrogen-bond donors (Lipinski definition) is 1. The number of carbonyl (C=O) groups excluding carboxylic acids is 1. The number of carbonyl (C=O) groups is 1. The van der Waals surface area contributed by atoms with Gasteiger partial charge in [0.05, 0.1) is 22.6 Å². The molecule has 1 aromatic heterocycles. The fourth-order valence-electron chi connectivity index (χ4n) is 1.75.